The highest BCUT2D eigenvalue weighted by Crippen LogP contribution is 2.34. The Morgan fingerprint density at radius 1 is 1.00 bits per heavy atom. The normalized spacial score (nSPS) is 12.2. The van der Waals surface area contributed by atoms with E-state index < -0.39 is 0 Å². The summed E-state index contributed by atoms with van der Waals surface area (Å²) in [5.41, 5.74) is 0.951. The monoisotopic (exact) mass is 509 g/mol. The van der Waals surface area contributed by atoms with Crippen molar-refractivity contribution in [1.29, 1.82) is 0 Å². The Kier molecular flexibility index (Phi) is 13.8. The number of ether oxygens (including phenoxy) is 4. The van der Waals surface area contributed by atoms with E-state index in [9.17, 15) is 0 Å². The Morgan fingerprint density at radius 3 is 2.11 bits per heavy atom. The van der Waals surface area contributed by atoms with E-state index in [0.29, 0.717) is 24.0 Å². The summed E-state index contributed by atoms with van der Waals surface area (Å²) in [4.78, 5) is 4.28. The van der Waals surface area contributed by atoms with Gasteiger partial charge in [-0.25, -0.2) is 0 Å². The summed E-state index contributed by atoms with van der Waals surface area (Å²) >= 11 is 0. The molecule has 0 saturated carbocycles. The minimum absolute atomic E-state index is 0. The van der Waals surface area contributed by atoms with E-state index in [4.69, 9.17) is 18.9 Å². The molecule has 0 aliphatic rings. The number of nitrogens with zero attached hydrogens (tertiary/aromatic N) is 1. The first-order chi connectivity index (χ1) is 13.0. The Balaban J connectivity index is 0.00000729. The summed E-state index contributed by atoms with van der Waals surface area (Å²) in [5, 5.41) is 6.64. The first kappa shape index (κ1) is 26.6. The largest absolute Gasteiger partial charge is 0.496 e. The molecule has 0 fully saturated rings. The maximum atomic E-state index is 5.78. The molecule has 1 aromatic rings. The maximum Gasteiger partial charge on any atom is 0.191 e. The fourth-order valence-electron chi connectivity index (χ4n) is 2.79. The van der Waals surface area contributed by atoms with E-state index in [1.807, 2.05) is 19.1 Å². The highest BCUT2D eigenvalue weighted by atomic mass is 127. The molecule has 1 rings (SSSR count). The van der Waals surface area contributed by atoms with Gasteiger partial charge in [0.25, 0.3) is 0 Å². The Bertz CT molecular complexity index is 597. The van der Waals surface area contributed by atoms with Gasteiger partial charge in [-0.2, -0.15) is 0 Å². The standard InChI is InChI=1S/C20H35N3O4.HI/c1-8-27-16(14(2)3)9-10-22-20(21-4)23-13-15-11-18(25-6)19(26-7)12-17(15)24-5;/h11-12,14,16H,8-10,13H2,1-7H3,(H2,21,22,23);1H. The van der Waals surface area contributed by atoms with Gasteiger partial charge in [0.2, 0.25) is 0 Å². The molecule has 0 heterocycles. The number of hydrogen-bond donors (Lipinski definition) is 2. The zero-order chi connectivity index (χ0) is 20.2. The summed E-state index contributed by atoms with van der Waals surface area (Å²) in [7, 11) is 6.61. The zero-order valence-electron chi connectivity index (χ0n) is 18.1. The average molecular weight is 509 g/mol. The third-order valence-electron chi connectivity index (χ3n) is 4.30. The van der Waals surface area contributed by atoms with Crippen molar-refractivity contribution in [3.8, 4) is 17.2 Å². The minimum Gasteiger partial charge on any atom is -0.496 e. The lowest BCUT2D eigenvalue weighted by molar-refractivity contribution is 0.0258. The van der Waals surface area contributed by atoms with Gasteiger partial charge < -0.3 is 29.6 Å². The summed E-state index contributed by atoms with van der Waals surface area (Å²) in [6.07, 6.45) is 1.16. The second-order valence-electron chi connectivity index (χ2n) is 6.40. The number of nitrogens with one attached hydrogen (secondary N) is 2. The van der Waals surface area contributed by atoms with Crippen LogP contribution in [-0.4, -0.2) is 53.6 Å². The lowest BCUT2D eigenvalue weighted by Gasteiger charge is -2.21. The van der Waals surface area contributed by atoms with Crippen LogP contribution in [0.5, 0.6) is 17.2 Å². The summed E-state index contributed by atoms with van der Waals surface area (Å²) in [5.74, 6) is 3.24. The number of guanidine groups is 1. The van der Waals surface area contributed by atoms with Gasteiger partial charge in [0, 0.05) is 38.4 Å². The van der Waals surface area contributed by atoms with Crippen LogP contribution in [0.4, 0.5) is 0 Å². The van der Waals surface area contributed by atoms with Crippen LogP contribution < -0.4 is 24.8 Å². The zero-order valence-corrected chi connectivity index (χ0v) is 20.5. The molecular weight excluding hydrogens is 473 g/mol. The molecule has 0 bridgehead atoms. The molecule has 7 nitrogen and oxygen atoms in total. The second kappa shape index (κ2) is 14.6. The molecule has 1 unspecified atom stereocenters. The highest BCUT2D eigenvalue weighted by molar-refractivity contribution is 14.0. The number of methoxy groups -OCH3 is 3. The van der Waals surface area contributed by atoms with Crippen LogP contribution in [0.15, 0.2) is 17.1 Å². The van der Waals surface area contributed by atoms with Crippen LogP contribution in [0.25, 0.3) is 0 Å². The number of rotatable bonds is 11. The van der Waals surface area contributed by atoms with Crippen molar-refractivity contribution in [2.24, 2.45) is 10.9 Å². The van der Waals surface area contributed by atoms with Crippen molar-refractivity contribution in [2.75, 3.05) is 41.5 Å². The highest BCUT2D eigenvalue weighted by Gasteiger charge is 2.14. The van der Waals surface area contributed by atoms with Crippen LogP contribution in [0, 0.1) is 5.92 Å². The van der Waals surface area contributed by atoms with Crippen molar-refractivity contribution < 1.29 is 18.9 Å². The number of aliphatic imine (C=N–C) groups is 1. The molecule has 0 amide bonds. The topological polar surface area (TPSA) is 73.3 Å². The molecule has 1 atom stereocenters. The van der Waals surface area contributed by atoms with Crippen LogP contribution >= 0.6 is 24.0 Å². The van der Waals surface area contributed by atoms with Crippen LogP contribution in [-0.2, 0) is 11.3 Å². The smallest absolute Gasteiger partial charge is 0.191 e. The van der Waals surface area contributed by atoms with Gasteiger partial charge in [-0.05, 0) is 25.3 Å². The molecule has 162 valence electrons. The summed E-state index contributed by atoms with van der Waals surface area (Å²) < 4.78 is 21.9. The second-order valence-corrected chi connectivity index (χ2v) is 6.40. The van der Waals surface area contributed by atoms with E-state index in [1.165, 1.54) is 0 Å². The molecule has 0 aromatic heterocycles. The molecule has 0 aliphatic heterocycles. The number of benzene rings is 1. The first-order valence-corrected chi connectivity index (χ1v) is 9.35. The molecule has 1 aromatic carbocycles. The van der Waals surface area contributed by atoms with Crippen molar-refractivity contribution in [3.05, 3.63) is 17.7 Å². The summed E-state index contributed by atoms with van der Waals surface area (Å²) in [6, 6.07) is 3.73. The third-order valence-corrected chi connectivity index (χ3v) is 4.30. The fraction of sp³-hybridized carbons (Fsp3) is 0.650. The summed E-state index contributed by atoms with van der Waals surface area (Å²) in [6.45, 7) is 8.44. The van der Waals surface area contributed by atoms with E-state index >= 15 is 0 Å². The lowest BCUT2D eigenvalue weighted by Crippen LogP contribution is -2.39. The van der Waals surface area contributed by atoms with E-state index in [1.54, 1.807) is 28.4 Å². The van der Waals surface area contributed by atoms with E-state index in [0.717, 1.165) is 36.8 Å². The molecule has 8 heteroatoms. The molecular formula is C20H36IN3O4. The van der Waals surface area contributed by atoms with Crippen molar-refractivity contribution in [3.63, 3.8) is 0 Å². The SMILES string of the molecule is CCOC(CCNC(=NC)NCc1cc(OC)c(OC)cc1OC)C(C)C.I. The van der Waals surface area contributed by atoms with Crippen molar-refractivity contribution in [1.82, 2.24) is 10.6 Å². The molecule has 28 heavy (non-hydrogen) atoms. The Hall–Kier alpha value is -1.42. The van der Waals surface area contributed by atoms with Gasteiger partial charge in [-0.15, -0.1) is 24.0 Å². The predicted octanol–water partition coefficient (Wildman–Crippen LogP) is 3.45. The molecule has 2 N–H and O–H groups in total. The van der Waals surface area contributed by atoms with Crippen LogP contribution in [0.2, 0.25) is 0 Å². The van der Waals surface area contributed by atoms with Crippen LogP contribution in [0.1, 0.15) is 32.8 Å². The Labute approximate surface area is 186 Å². The van der Waals surface area contributed by atoms with Gasteiger partial charge in [0.05, 0.1) is 27.4 Å². The van der Waals surface area contributed by atoms with Crippen LogP contribution in [0.3, 0.4) is 0 Å². The molecule has 0 saturated heterocycles. The molecule has 0 spiro atoms. The minimum atomic E-state index is 0. The first-order valence-electron chi connectivity index (χ1n) is 9.35. The van der Waals surface area contributed by atoms with Crippen molar-refractivity contribution >= 4 is 29.9 Å². The predicted molar refractivity (Wildman–Crippen MR) is 125 cm³/mol. The van der Waals surface area contributed by atoms with Gasteiger partial charge in [-0.1, -0.05) is 13.8 Å². The van der Waals surface area contributed by atoms with Gasteiger partial charge in [-0.3, -0.25) is 4.99 Å². The molecule has 0 aliphatic carbocycles. The maximum absolute atomic E-state index is 5.78. The Morgan fingerprint density at radius 2 is 1.61 bits per heavy atom. The molecule has 0 radical (unpaired) electrons. The number of halogens is 1. The quantitative estimate of drug-likeness (QED) is 0.271. The van der Waals surface area contributed by atoms with E-state index in [-0.39, 0.29) is 30.1 Å². The van der Waals surface area contributed by atoms with Gasteiger partial charge in [0.1, 0.15) is 5.75 Å². The number of hydrogen-bond acceptors (Lipinski definition) is 5. The average Bonchev–Trinajstić information content (AvgIpc) is 2.68. The van der Waals surface area contributed by atoms with Gasteiger partial charge >= 0.3 is 0 Å². The van der Waals surface area contributed by atoms with Crippen molar-refractivity contribution in [2.45, 2.75) is 39.8 Å². The lowest BCUT2D eigenvalue weighted by atomic mass is 10.0. The fourth-order valence-corrected chi connectivity index (χ4v) is 2.79. The third kappa shape index (κ3) is 8.30. The van der Waals surface area contributed by atoms with Gasteiger partial charge in [0.15, 0.2) is 17.5 Å². The van der Waals surface area contributed by atoms with E-state index in [2.05, 4.69) is 29.5 Å².